The molecule has 0 spiro atoms. The van der Waals surface area contributed by atoms with E-state index in [1.165, 1.54) is 23.8 Å². The number of hydrogen-bond acceptors (Lipinski definition) is 5. The Bertz CT molecular complexity index is 1880. The minimum atomic E-state index is -0.852. The number of carbonyl (C=O) groups excluding carboxylic acids is 1. The van der Waals surface area contributed by atoms with Gasteiger partial charge in [0.25, 0.3) is 0 Å². The van der Waals surface area contributed by atoms with E-state index in [2.05, 4.69) is 56.7 Å². The van der Waals surface area contributed by atoms with Crippen molar-refractivity contribution in [2.75, 3.05) is 7.11 Å². The summed E-state index contributed by atoms with van der Waals surface area (Å²) in [5.41, 5.74) is 15.9. The maximum Gasteiger partial charge on any atom is 0.305 e. The van der Waals surface area contributed by atoms with Crippen LogP contribution < -0.4 is 0 Å². The van der Waals surface area contributed by atoms with Gasteiger partial charge in [-0.15, -0.1) is 0 Å². The van der Waals surface area contributed by atoms with Crippen LogP contribution in [0.2, 0.25) is 0 Å². The minimum Gasteiger partial charge on any atom is -0.481 e. The third-order valence-corrected chi connectivity index (χ3v) is 8.90. The van der Waals surface area contributed by atoms with E-state index in [0.717, 1.165) is 85.5 Å². The van der Waals surface area contributed by atoms with Crippen LogP contribution in [0.4, 0.5) is 0 Å². The molecular weight excluding hydrogens is 735 g/mol. The summed E-state index contributed by atoms with van der Waals surface area (Å²) in [6, 6.07) is 8.32. The summed E-state index contributed by atoms with van der Waals surface area (Å²) < 4.78 is 4.94. The molecule has 2 aliphatic rings. The van der Waals surface area contributed by atoms with Gasteiger partial charge in [-0.25, -0.2) is 9.97 Å². The monoisotopic (exact) mass is 775 g/mol. The fourth-order valence-electron chi connectivity index (χ4n) is 6.32. The molecule has 8 bridgehead atoms. The van der Waals surface area contributed by atoms with Crippen LogP contribution in [-0.2, 0) is 48.2 Å². The number of methoxy groups -OCH3 is 1. The van der Waals surface area contributed by atoms with E-state index in [-0.39, 0.29) is 39.9 Å². The number of hydrogen-bond donors (Lipinski definition) is 3. The first-order chi connectivity index (χ1) is 20.6. The standard InChI is InChI=1S/C35H40N4O4.Pt/c1-8-22-18(3)26-14-28-20(5)24(10-12-34(40)41)32(38-28)17-33-25(11-13-35(42)43-7)21(6)29(39-33)15-27-19(4)23(9-2)31(37-27)16-30(22)36-26;/h14-17,37,39H,8-13H2,1-7H3,(H,40,41);. The smallest absolute Gasteiger partial charge is 0.305 e. The number of aliphatic carboxylic acids is 1. The SMILES string of the molecule is CCC1=C(C)c2cc3nc(cc4[nH]c(cc5[nH]c(cc1n2)c(CC)c5C)c(C)c4CCC(=O)OC)C(CCC(=O)O)=C3C.[Pt]. The average molecular weight is 776 g/mol. The molecule has 0 aromatic carbocycles. The van der Waals surface area contributed by atoms with Crippen molar-refractivity contribution < 1.29 is 40.5 Å². The van der Waals surface area contributed by atoms with Gasteiger partial charge < -0.3 is 19.8 Å². The molecule has 8 nitrogen and oxygen atoms in total. The Labute approximate surface area is 272 Å². The molecule has 0 amide bonds. The topological polar surface area (TPSA) is 121 Å². The number of allylic oxidation sites excluding steroid dienone is 4. The van der Waals surface area contributed by atoms with Crippen molar-refractivity contribution in [1.29, 1.82) is 0 Å². The van der Waals surface area contributed by atoms with Crippen LogP contribution in [0, 0.1) is 13.8 Å². The summed E-state index contributed by atoms with van der Waals surface area (Å²) >= 11 is 0. The van der Waals surface area contributed by atoms with E-state index in [1.54, 1.807) is 0 Å². The Kier molecular flexibility index (Phi) is 10.1. The molecule has 5 heterocycles. The summed E-state index contributed by atoms with van der Waals surface area (Å²) in [7, 11) is 1.40. The maximum atomic E-state index is 12.1. The fraction of sp³-hybridized carbons (Fsp3) is 0.371. The van der Waals surface area contributed by atoms with Crippen LogP contribution in [0.15, 0.2) is 24.3 Å². The zero-order valence-electron chi connectivity index (χ0n) is 26.4. The Morgan fingerprint density at radius 3 is 1.80 bits per heavy atom. The van der Waals surface area contributed by atoms with Gasteiger partial charge in [0.1, 0.15) is 0 Å². The Hall–Kier alpha value is -3.77. The number of H-pyrrole nitrogens is 2. The third kappa shape index (κ3) is 6.23. The largest absolute Gasteiger partial charge is 0.481 e. The summed E-state index contributed by atoms with van der Waals surface area (Å²) in [5, 5.41) is 9.50. The second kappa shape index (κ2) is 13.5. The van der Waals surface area contributed by atoms with Gasteiger partial charge >= 0.3 is 11.9 Å². The van der Waals surface area contributed by atoms with Crippen molar-refractivity contribution in [1.82, 2.24) is 19.9 Å². The third-order valence-electron chi connectivity index (χ3n) is 8.90. The van der Waals surface area contributed by atoms with E-state index in [1.807, 2.05) is 19.1 Å². The predicted octanol–water partition coefficient (Wildman–Crippen LogP) is 7.73. The van der Waals surface area contributed by atoms with Crippen LogP contribution in [0.5, 0.6) is 0 Å². The van der Waals surface area contributed by atoms with Gasteiger partial charge in [-0.3, -0.25) is 9.59 Å². The van der Waals surface area contributed by atoms with E-state index in [0.29, 0.717) is 12.8 Å². The molecule has 0 saturated carbocycles. The van der Waals surface area contributed by atoms with Crippen LogP contribution in [0.25, 0.3) is 44.4 Å². The zero-order chi connectivity index (χ0) is 31.0. The summed E-state index contributed by atoms with van der Waals surface area (Å²) in [6.45, 7) is 12.6. The number of ether oxygens (including phenoxy) is 1. The first-order valence-electron chi connectivity index (χ1n) is 15.0. The summed E-state index contributed by atoms with van der Waals surface area (Å²) in [5.74, 6) is -1.12. The van der Waals surface area contributed by atoms with Crippen LogP contribution in [0.1, 0.15) is 98.4 Å². The quantitative estimate of drug-likeness (QED) is 0.202. The second-order valence-corrected chi connectivity index (χ2v) is 11.3. The molecule has 0 radical (unpaired) electrons. The number of aromatic nitrogens is 4. The normalized spacial score (nSPS) is 12.9. The zero-order valence-corrected chi connectivity index (χ0v) is 28.7. The molecule has 0 unspecified atom stereocenters. The number of nitrogens with zero attached hydrogens (tertiary/aromatic N) is 2. The van der Waals surface area contributed by atoms with Crippen molar-refractivity contribution in [2.24, 2.45) is 0 Å². The first kappa shape index (κ1) is 33.1. The average Bonchev–Trinajstić information content (AvgIpc) is 3.63. The van der Waals surface area contributed by atoms with E-state index in [4.69, 9.17) is 14.7 Å². The van der Waals surface area contributed by atoms with Gasteiger partial charge in [0, 0.05) is 56.0 Å². The number of aryl methyl sites for hydroxylation is 4. The Morgan fingerprint density at radius 1 is 0.705 bits per heavy atom. The molecule has 2 aliphatic heterocycles. The fourth-order valence-corrected chi connectivity index (χ4v) is 6.32. The number of fused-ring (bicyclic) bond motifs is 8. The number of esters is 1. The van der Waals surface area contributed by atoms with E-state index in [9.17, 15) is 14.7 Å². The first-order valence-corrected chi connectivity index (χ1v) is 15.0. The number of nitrogens with one attached hydrogen (secondary N) is 2. The summed E-state index contributed by atoms with van der Waals surface area (Å²) in [4.78, 5) is 41.1. The van der Waals surface area contributed by atoms with Crippen molar-refractivity contribution in [3.8, 4) is 0 Å². The van der Waals surface area contributed by atoms with Gasteiger partial charge in [-0.1, -0.05) is 13.8 Å². The van der Waals surface area contributed by atoms with Crippen molar-refractivity contribution in [3.63, 3.8) is 0 Å². The molecular formula is C35H40N4O4Pt. The molecule has 3 aromatic heterocycles. The Morgan fingerprint density at radius 2 is 1.25 bits per heavy atom. The van der Waals surface area contributed by atoms with Gasteiger partial charge in [0.05, 0.1) is 29.9 Å². The molecule has 0 atom stereocenters. The van der Waals surface area contributed by atoms with Gasteiger partial charge in [-0.05, 0) is 122 Å². The van der Waals surface area contributed by atoms with E-state index >= 15 is 0 Å². The molecule has 0 aliphatic carbocycles. The molecule has 0 fully saturated rings. The maximum absolute atomic E-state index is 12.1. The van der Waals surface area contributed by atoms with Crippen LogP contribution >= 0.6 is 0 Å². The number of carboxylic acid groups (broad SMARTS) is 1. The van der Waals surface area contributed by atoms with Crippen molar-refractivity contribution in [3.05, 3.63) is 69.3 Å². The molecule has 44 heavy (non-hydrogen) atoms. The molecule has 3 N–H and O–H groups in total. The van der Waals surface area contributed by atoms with Crippen molar-refractivity contribution in [2.45, 2.75) is 80.1 Å². The Balaban J connectivity index is 0.00000442. The van der Waals surface area contributed by atoms with Gasteiger partial charge in [-0.2, -0.15) is 0 Å². The molecule has 234 valence electrons. The molecule has 5 rings (SSSR count). The van der Waals surface area contributed by atoms with Crippen LogP contribution in [0.3, 0.4) is 0 Å². The number of rotatable bonds is 8. The molecule has 3 aromatic rings. The predicted molar refractivity (Wildman–Crippen MR) is 172 cm³/mol. The summed E-state index contributed by atoms with van der Waals surface area (Å²) in [6.07, 6.45) is 2.85. The van der Waals surface area contributed by atoms with Gasteiger partial charge in [0.15, 0.2) is 0 Å². The molecule has 9 heteroatoms. The van der Waals surface area contributed by atoms with Crippen molar-refractivity contribution >= 4 is 56.3 Å². The number of carboxylic acids is 1. The second-order valence-electron chi connectivity index (χ2n) is 11.3. The number of aromatic amines is 2. The number of carbonyl (C=O) groups is 2. The van der Waals surface area contributed by atoms with Gasteiger partial charge in [0.2, 0.25) is 0 Å². The molecule has 0 saturated heterocycles. The minimum absolute atomic E-state index is 0. The van der Waals surface area contributed by atoms with Crippen LogP contribution in [-0.4, -0.2) is 44.1 Å². The van der Waals surface area contributed by atoms with E-state index < -0.39 is 5.97 Å².